The van der Waals surface area contributed by atoms with Gasteiger partial charge in [0.05, 0.1) is 12.0 Å². The molecule has 2 aromatic carbocycles. The molecule has 0 aliphatic rings. The van der Waals surface area contributed by atoms with Crippen molar-refractivity contribution in [2.24, 2.45) is 0 Å². The number of fused-ring (bicyclic) bond motifs is 1. The number of aryl methyl sites for hydroxylation is 1. The van der Waals surface area contributed by atoms with E-state index >= 15 is 0 Å². The Morgan fingerprint density at radius 1 is 0.929 bits per heavy atom. The molecule has 0 bridgehead atoms. The predicted octanol–water partition coefficient (Wildman–Crippen LogP) is 3.48. The quantitative estimate of drug-likeness (QED) is 0.462. The van der Waals surface area contributed by atoms with E-state index < -0.39 is 11.9 Å². The second kappa shape index (κ2) is 9.63. The van der Waals surface area contributed by atoms with Gasteiger partial charge in [-0.15, -0.1) is 0 Å². The van der Waals surface area contributed by atoms with E-state index in [9.17, 15) is 14.4 Å². The van der Waals surface area contributed by atoms with Crippen molar-refractivity contribution in [3.63, 3.8) is 0 Å². The van der Waals surface area contributed by atoms with Gasteiger partial charge in [0, 0.05) is 23.4 Å². The van der Waals surface area contributed by atoms with Crippen molar-refractivity contribution in [3.8, 4) is 0 Å². The number of carboxylic acids is 2. The minimum absolute atomic E-state index is 0.0156. The minimum Gasteiger partial charge on any atom is -0.478 e. The average molecular weight is 378 g/mol. The summed E-state index contributed by atoms with van der Waals surface area (Å²) in [5.41, 5.74) is 2.43. The minimum atomic E-state index is -1.26. The van der Waals surface area contributed by atoms with Crippen molar-refractivity contribution >= 4 is 34.6 Å². The molecule has 0 saturated heterocycles. The third-order valence-corrected chi connectivity index (χ3v) is 3.66. The summed E-state index contributed by atoms with van der Waals surface area (Å²) in [6, 6.07) is 13.7. The van der Waals surface area contributed by atoms with Gasteiger partial charge in [-0.25, -0.2) is 14.6 Å². The van der Waals surface area contributed by atoms with Crippen LogP contribution in [0.5, 0.6) is 0 Å². The molecule has 0 amide bonds. The van der Waals surface area contributed by atoms with E-state index in [-0.39, 0.29) is 5.78 Å². The van der Waals surface area contributed by atoms with Gasteiger partial charge in [0.25, 0.3) is 0 Å². The van der Waals surface area contributed by atoms with Crippen LogP contribution in [0.15, 0.2) is 67.0 Å². The molecule has 0 radical (unpaired) electrons. The van der Waals surface area contributed by atoms with Crippen LogP contribution >= 0.6 is 0 Å². The van der Waals surface area contributed by atoms with Crippen LogP contribution in [0.1, 0.15) is 21.7 Å². The molecule has 1 heterocycles. The first-order chi connectivity index (χ1) is 13.4. The lowest BCUT2D eigenvalue weighted by atomic mass is 10.0. The number of ketones is 1. The normalized spacial score (nSPS) is 10.8. The summed E-state index contributed by atoms with van der Waals surface area (Å²) < 4.78 is 0. The second-order valence-corrected chi connectivity index (χ2v) is 5.68. The highest BCUT2D eigenvalue weighted by Crippen LogP contribution is 2.16. The summed E-state index contributed by atoms with van der Waals surface area (Å²) in [5, 5.41) is 17.8. The van der Waals surface area contributed by atoms with Crippen LogP contribution in [0, 0.1) is 6.92 Å². The van der Waals surface area contributed by atoms with E-state index in [2.05, 4.69) is 9.97 Å². The molecule has 3 aromatic rings. The Morgan fingerprint density at radius 3 is 2.14 bits per heavy atom. The number of benzene rings is 2. The highest BCUT2D eigenvalue weighted by atomic mass is 16.4. The van der Waals surface area contributed by atoms with E-state index in [0.29, 0.717) is 17.7 Å². The van der Waals surface area contributed by atoms with Gasteiger partial charge in [-0.1, -0.05) is 36.4 Å². The van der Waals surface area contributed by atoms with Crippen LogP contribution in [-0.2, 0) is 9.59 Å². The number of aromatic nitrogens is 2. The molecular formula is C21H18N2O5. The van der Waals surface area contributed by atoms with Crippen molar-refractivity contribution < 1.29 is 24.6 Å². The second-order valence-electron chi connectivity index (χ2n) is 5.68. The van der Waals surface area contributed by atoms with Gasteiger partial charge < -0.3 is 15.2 Å². The average Bonchev–Trinajstić information content (AvgIpc) is 3.09. The van der Waals surface area contributed by atoms with Gasteiger partial charge in [0.1, 0.15) is 0 Å². The zero-order valence-electron chi connectivity index (χ0n) is 15.0. The Bertz CT molecular complexity index is 1050. The first-order valence-corrected chi connectivity index (χ1v) is 8.22. The first kappa shape index (κ1) is 20.3. The van der Waals surface area contributed by atoms with Crippen LogP contribution in [0.25, 0.3) is 16.8 Å². The number of carbonyl (C=O) groups excluding carboxylic acids is 1. The fraction of sp³-hybridized carbons (Fsp3) is 0.0476. The molecule has 28 heavy (non-hydrogen) atoms. The highest BCUT2D eigenvalue weighted by molar-refractivity contribution is 6.08. The number of aliphatic carboxylic acids is 2. The summed E-state index contributed by atoms with van der Waals surface area (Å²) in [5.74, 6) is -2.53. The molecule has 1 aromatic heterocycles. The van der Waals surface area contributed by atoms with E-state index in [1.54, 1.807) is 18.5 Å². The monoisotopic (exact) mass is 378 g/mol. The zero-order valence-corrected chi connectivity index (χ0v) is 15.0. The fourth-order valence-electron chi connectivity index (χ4n) is 2.27. The number of aromatic amines is 1. The number of carboxylic acid groups (broad SMARTS) is 2. The van der Waals surface area contributed by atoms with Gasteiger partial charge in [-0.05, 0) is 35.9 Å². The van der Waals surface area contributed by atoms with Crippen LogP contribution in [-0.4, -0.2) is 37.9 Å². The molecule has 0 fully saturated rings. The van der Waals surface area contributed by atoms with Crippen LogP contribution < -0.4 is 0 Å². The topological polar surface area (TPSA) is 120 Å². The van der Waals surface area contributed by atoms with Gasteiger partial charge in [0.15, 0.2) is 5.78 Å². The van der Waals surface area contributed by atoms with E-state index in [4.69, 9.17) is 10.2 Å². The highest BCUT2D eigenvalue weighted by Gasteiger charge is 2.04. The Kier molecular flexibility index (Phi) is 6.99. The Morgan fingerprint density at radius 2 is 1.57 bits per heavy atom. The maximum Gasteiger partial charge on any atom is 0.328 e. The molecule has 0 aliphatic heterocycles. The molecule has 0 aliphatic carbocycles. The molecule has 0 atom stereocenters. The third-order valence-electron chi connectivity index (χ3n) is 3.66. The predicted molar refractivity (Wildman–Crippen MR) is 105 cm³/mol. The Labute approximate surface area is 160 Å². The smallest absolute Gasteiger partial charge is 0.328 e. The van der Waals surface area contributed by atoms with Gasteiger partial charge in [0.2, 0.25) is 0 Å². The summed E-state index contributed by atoms with van der Waals surface area (Å²) in [4.78, 5) is 38.4. The molecule has 3 N–H and O–H groups in total. The lowest BCUT2D eigenvalue weighted by Gasteiger charge is -2.00. The zero-order chi connectivity index (χ0) is 20.5. The maximum atomic E-state index is 12.2. The van der Waals surface area contributed by atoms with Crippen molar-refractivity contribution in [2.45, 2.75) is 6.92 Å². The number of rotatable bonds is 5. The molecule has 142 valence electrons. The molecule has 0 saturated carbocycles. The number of H-pyrrole nitrogens is 1. The number of carbonyl (C=O) groups is 3. The summed E-state index contributed by atoms with van der Waals surface area (Å²) in [6.45, 7) is 1.92. The lowest BCUT2D eigenvalue weighted by molar-refractivity contribution is -0.134. The van der Waals surface area contributed by atoms with Crippen molar-refractivity contribution in [1.82, 2.24) is 9.97 Å². The molecule has 0 spiro atoms. The van der Waals surface area contributed by atoms with Crippen LogP contribution in [0.4, 0.5) is 0 Å². The largest absolute Gasteiger partial charge is 0.478 e. The number of nitrogens with one attached hydrogen (secondary N) is 1. The van der Waals surface area contributed by atoms with Crippen LogP contribution in [0.3, 0.4) is 0 Å². The fourth-order valence-corrected chi connectivity index (χ4v) is 2.27. The van der Waals surface area contributed by atoms with Gasteiger partial charge in [-0.2, -0.15) is 0 Å². The maximum absolute atomic E-state index is 12.2. The van der Waals surface area contributed by atoms with Gasteiger partial charge >= 0.3 is 11.9 Å². The number of imidazole rings is 1. The van der Waals surface area contributed by atoms with E-state index in [1.165, 1.54) is 0 Å². The summed E-state index contributed by atoms with van der Waals surface area (Å²) >= 11 is 0. The van der Waals surface area contributed by atoms with Crippen molar-refractivity contribution in [2.75, 3.05) is 0 Å². The summed E-state index contributed by atoms with van der Waals surface area (Å²) in [7, 11) is 0. The van der Waals surface area contributed by atoms with E-state index in [0.717, 1.165) is 22.2 Å². The Balaban J connectivity index is 0.000000300. The van der Waals surface area contributed by atoms with Crippen LogP contribution in [0.2, 0.25) is 0 Å². The van der Waals surface area contributed by atoms with Crippen molar-refractivity contribution in [3.05, 3.63) is 84.0 Å². The molecule has 7 nitrogen and oxygen atoms in total. The van der Waals surface area contributed by atoms with E-state index in [1.807, 2.05) is 49.4 Å². The third kappa shape index (κ3) is 6.06. The van der Waals surface area contributed by atoms with Crippen molar-refractivity contribution in [1.29, 1.82) is 0 Å². The van der Waals surface area contributed by atoms with Gasteiger partial charge in [-0.3, -0.25) is 4.79 Å². The summed E-state index contributed by atoms with van der Waals surface area (Å²) in [6.07, 6.45) is 6.04. The molecule has 7 heteroatoms. The number of nitrogens with zero attached hydrogens (tertiary/aromatic N) is 1. The number of hydrogen-bond acceptors (Lipinski definition) is 4. The Hall–Kier alpha value is -4.00. The first-order valence-electron chi connectivity index (χ1n) is 8.22. The number of allylic oxidation sites excluding steroid dienone is 1. The molecule has 3 rings (SSSR count). The molecular weight excluding hydrogens is 360 g/mol. The SMILES string of the molecule is Cc1[nH]cnc1C=CC(=O)c1ccc2ccccc2c1.O=C(O)/C=C\C(=O)O. The lowest BCUT2D eigenvalue weighted by Crippen LogP contribution is -1.94. The molecule has 0 unspecified atom stereocenters. The number of hydrogen-bond donors (Lipinski definition) is 3. The standard InChI is InChI=1S/C17H14N2O.C4H4O4/c1-12-16(19-11-18-12)8-9-17(20)15-7-6-13-4-2-3-5-14(13)10-15;5-3(6)1-2-4(7)8/h2-11H,1H3,(H,18,19);1-2H,(H,5,6)(H,7,8)/b;2-1-.